The molecular formula is C49H43B. The van der Waals surface area contributed by atoms with Crippen LogP contribution in [0.4, 0.5) is 0 Å². The number of hydrogen-bond acceptors (Lipinski definition) is 0. The second kappa shape index (κ2) is 12.5. The maximum absolute atomic E-state index is 2.62. The van der Waals surface area contributed by atoms with Crippen molar-refractivity contribution in [2.24, 2.45) is 5.92 Å². The smallest absolute Gasteiger partial charge is 0.0836 e. The topological polar surface area (TPSA) is 0 Å². The summed E-state index contributed by atoms with van der Waals surface area (Å²) in [5, 5.41) is 2.79. The molecule has 5 aliphatic rings. The van der Waals surface area contributed by atoms with Crippen molar-refractivity contribution in [3.8, 4) is 0 Å². The van der Waals surface area contributed by atoms with Gasteiger partial charge in [-0.1, -0.05) is 180 Å². The van der Waals surface area contributed by atoms with Crippen LogP contribution < -0.4 is 10.9 Å². The monoisotopic (exact) mass is 642 g/mol. The van der Waals surface area contributed by atoms with Gasteiger partial charge in [-0.05, 0) is 101 Å². The van der Waals surface area contributed by atoms with Gasteiger partial charge in [-0.3, -0.25) is 0 Å². The largest absolute Gasteiger partial charge is 0.242 e. The average Bonchev–Trinajstić information content (AvgIpc) is 3.20. The molecule has 4 aliphatic carbocycles. The van der Waals surface area contributed by atoms with Gasteiger partial charge in [-0.25, -0.2) is 0 Å². The first-order valence-electron chi connectivity index (χ1n) is 19.1. The Hall–Kier alpha value is -4.88. The van der Waals surface area contributed by atoms with Crippen LogP contribution in [0.15, 0.2) is 162 Å². The van der Waals surface area contributed by atoms with Crippen LogP contribution >= 0.6 is 0 Å². The fraction of sp³-hybridized carbons (Fsp3) is 0.224. The van der Waals surface area contributed by atoms with Gasteiger partial charge in [0.2, 0.25) is 6.71 Å². The fourth-order valence-corrected chi connectivity index (χ4v) is 10.2. The first-order chi connectivity index (χ1) is 24.8. The van der Waals surface area contributed by atoms with Crippen LogP contribution in [-0.4, -0.2) is 6.71 Å². The van der Waals surface area contributed by atoms with Gasteiger partial charge in [0, 0.05) is 11.8 Å². The highest BCUT2D eigenvalue weighted by Crippen LogP contribution is 2.45. The predicted molar refractivity (Wildman–Crippen MR) is 213 cm³/mol. The molecule has 3 atom stereocenters. The number of hydrogen-bond donors (Lipinski definition) is 0. The lowest BCUT2D eigenvalue weighted by Crippen LogP contribution is -2.51. The summed E-state index contributed by atoms with van der Waals surface area (Å²) in [6.45, 7) is 0.271. The predicted octanol–water partition coefficient (Wildman–Crippen LogP) is 10.9. The quantitative estimate of drug-likeness (QED) is 0.171. The summed E-state index contributed by atoms with van der Waals surface area (Å²) in [6.07, 6.45) is 23.8. The minimum absolute atomic E-state index is 0.271. The summed E-state index contributed by atoms with van der Waals surface area (Å²) in [5.74, 6) is 1.58. The van der Waals surface area contributed by atoms with E-state index in [1.54, 1.807) is 22.1 Å². The molecule has 50 heavy (non-hydrogen) atoms. The Morgan fingerprint density at radius 1 is 0.680 bits per heavy atom. The van der Waals surface area contributed by atoms with Crippen molar-refractivity contribution in [3.05, 3.63) is 196 Å². The van der Waals surface area contributed by atoms with Gasteiger partial charge in [-0.15, -0.1) is 0 Å². The third-order valence-corrected chi connectivity index (χ3v) is 12.6. The summed E-state index contributed by atoms with van der Waals surface area (Å²) in [7, 11) is 0. The molecule has 1 heteroatoms. The molecular weight excluding hydrogens is 599 g/mol. The van der Waals surface area contributed by atoms with Gasteiger partial charge in [-0.2, -0.15) is 0 Å². The Morgan fingerprint density at radius 3 is 2.48 bits per heavy atom. The van der Waals surface area contributed by atoms with Gasteiger partial charge < -0.3 is 0 Å². The van der Waals surface area contributed by atoms with E-state index >= 15 is 0 Å². The molecule has 0 amide bonds. The van der Waals surface area contributed by atoms with Gasteiger partial charge in [0.15, 0.2) is 0 Å². The lowest BCUT2D eigenvalue weighted by atomic mass is 9.30. The molecule has 242 valence electrons. The number of benzene rings is 5. The van der Waals surface area contributed by atoms with Gasteiger partial charge in [0.05, 0.1) is 0 Å². The summed E-state index contributed by atoms with van der Waals surface area (Å²) < 4.78 is 0. The highest BCUT2D eigenvalue weighted by molar-refractivity contribution is 6.94. The molecule has 0 aromatic heterocycles. The number of allylic oxidation sites excluding steroid dienone is 9. The minimum Gasteiger partial charge on any atom is -0.0836 e. The van der Waals surface area contributed by atoms with Crippen LogP contribution in [0.25, 0.3) is 16.3 Å². The van der Waals surface area contributed by atoms with Crippen molar-refractivity contribution in [2.45, 2.75) is 63.2 Å². The van der Waals surface area contributed by atoms with E-state index in [4.69, 9.17) is 0 Å². The fourth-order valence-electron chi connectivity index (χ4n) is 10.2. The van der Waals surface area contributed by atoms with E-state index in [1.165, 1.54) is 87.3 Å². The Balaban J connectivity index is 1.07. The Bertz CT molecular complexity index is 2290. The summed E-state index contributed by atoms with van der Waals surface area (Å²) >= 11 is 0. The normalized spacial score (nSPS) is 22.3. The van der Waals surface area contributed by atoms with E-state index in [0.717, 1.165) is 25.2 Å². The molecule has 1 aliphatic heterocycles. The molecule has 3 unspecified atom stereocenters. The van der Waals surface area contributed by atoms with E-state index in [2.05, 4.69) is 146 Å². The summed E-state index contributed by atoms with van der Waals surface area (Å²) in [4.78, 5) is 0. The average molecular weight is 643 g/mol. The van der Waals surface area contributed by atoms with Crippen molar-refractivity contribution >= 4 is 34.0 Å². The van der Waals surface area contributed by atoms with E-state index in [9.17, 15) is 0 Å². The lowest BCUT2D eigenvalue weighted by molar-refractivity contribution is 0.449. The molecule has 0 bridgehead atoms. The van der Waals surface area contributed by atoms with Crippen LogP contribution in [-0.2, 0) is 6.42 Å². The molecule has 10 rings (SSSR count). The van der Waals surface area contributed by atoms with Gasteiger partial charge >= 0.3 is 0 Å². The van der Waals surface area contributed by atoms with Crippen LogP contribution in [0.3, 0.4) is 0 Å². The van der Waals surface area contributed by atoms with Crippen molar-refractivity contribution in [1.82, 2.24) is 0 Å². The van der Waals surface area contributed by atoms with E-state index in [0.29, 0.717) is 11.8 Å². The highest BCUT2D eigenvalue weighted by atomic mass is 14.3. The van der Waals surface area contributed by atoms with E-state index in [-0.39, 0.29) is 6.71 Å². The third kappa shape index (κ3) is 5.05. The van der Waals surface area contributed by atoms with E-state index in [1.807, 2.05) is 0 Å². The third-order valence-electron chi connectivity index (χ3n) is 12.6. The molecule has 5 aromatic carbocycles. The van der Waals surface area contributed by atoms with Gasteiger partial charge in [0.25, 0.3) is 0 Å². The second-order valence-electron chi connectivity index (χ2n) is 15.3. The SMILES string of the molecule is C1=CCC(c2ccc(C3CC=C(c4cccc(B5C6=C7CCCCC7CC=C6Cc6ccc7ccccc7c65)c4)c4ccccc43)cc2)C=C1. The van der Waals surface area contributed by atoms with Crippen molar-refractivity contribution < 1.29 is 0 Å². The first kappa shape index (κ1) is 30.0. The standard InChI is InChI=1S/C49H43B/c1-2-11-33(12-3-1)34-21-23-37(24-22-34)42-29-30-43(47-20-9-8-19-46(42)47)38-15-10-16-41(32-38)50-48-39(27-25-35-13-4-6-17-44(35)48)31-40-28-26-36-14-5-7-18-45(36)49(40)50/h1-4,6,8-11,13,15-17,19-25,27-28,30,32-33,36,42H,5,7,12,14,18,26,29,31H2. The lowest BCUT2D eigenvalue weighted by Gasteiger charge is -2.39. The molecule has 1 heterocycles. The van der Waals surface area contributed by atoms with Crippen molar-refractivity contribution in [1.29, 1.82) is 0 Å². The summed E-state index contributed by atoms with van der Waals surface area (Å²) in [5.41, 5.74) is 17.9. The molecule has 1 fully saturated rings. The molecule has 1 saturated carbocycles. The molecule has 0 radical (unpaired) electrons. The molecule has 0 saturated heterocycles. The van der Waals surface area contributed by atoms with E-state index < -0.39 is 0 Å². The zero-order valence-electron chi connectivity index (χ0n) is 28.8. The summed E-state index contributed by atoms with van der Waals surface area (Å²) in [6, 6.07) is 42.3. The molecule has 0 N–H and O–H groups in total. The van der Waals surface area contributed by atoms with Crippen LogP contribution in [0.5, 0.6) is 0 Å². The minimum atomic E-state index is 0.271. The van der Waals surface area contributed by atoms with Gasteiger partial charge in [0.1, 0.15) is 0 Å². The molecule has 0 spiro atoms. The first-order valence-corrected chi connectivity index (χ1v) is 19.1. The zero-order chi connectivity index (χ0) is 33.0. The van der Waals surface area contributed by atoms with Crippen LogP contribution in [0, 0.1) is 5.92 Å². The Kier molecular flexibility index (Phi) is 7.48. The Labute approximate surface area is 297 Å². The molecule has 0 nitrogen and oxygen atoms in total. The molecule has 5 aromatic rings. The Morgan fingerprint density at radius 2 is 1.56 bits per heavy atom. The number of fused-ring (bicyclic) bond motifs is 6. The maximum atomic E-state index is 2.62. The second-order valence-corrected chi connectivity index (χ2v) is 15.3. The number of rotatable bonds is 4. The van der Waals surface area contributed by atoms with Crippen molar-refractivity contribution in [3.63, 3.8) is 0 Å². The highest BCUT2D eigenvalue weighted by Gasteiger charge is 2.39. The zero-order valence-corrected chi connectivity index (χ0v) is 28.8. The van der Waals surface area contributed by atoms with Crippen molar-refractivity contribution in [2.75, 3.05) is 0 Å². The maximum Gasteiger partial charge on any atom is 0.242 e. The van der Waals surface area contributed by atoms with Crippen LogP contribution in [0.1, 0.15) is 90.2 Å². The van der Waals surface area contributed by atoms with Crippen LogP contribution in [0.2, 0.25) is 0 Å².